The van der Waals surface area contributed by atoms with Crippen LogP contribution in [-0.4, -0.2) is 127 Å². The molecule has 0 aromatic heterocycles. The van der Waals surface area contributed by atoms with Crippen molar-refractivity contribution in [3.05, 3.63) is 35.9 Å². The number of carbonyl (C=O) groups excluding carboxylic acids is 5. The molecule has 12 nitrogen and oxygen atoms in total. The summed E-state index contributed by atoms with van der Waals surface area (Å²) < 4.78 is -0.758. The number of rotatable bonds is 6. The SMILES string of the molecule is CCN1CCN(C(=O)N[C@@H](C(=O)N[C@@H]2C(=O)N3[C@@H]2SC(C)(C)[C@@H]3C(=O)O)c2ccccc2)C(=O)C1=O.[NaH]. The number of fused-ring (bicyclic) bond motifs is 1. The van der Waals surface area contributed by atoms with Crippen molar-refractivity contribution < 1.29 is 33.9 Å². The van der Waals surface area contributed by atoms with Crippen LogP contribution in [0.25, 0.3) is 0 Å². The average molecular weight is 542 g/mol. The number of carbonyl (C=O) groups is 6. The Morgan fingerprint density at radius 3 is 2.35 bits per heavy atom. The standard InChI is InChI=1S/C23H27N5O7S.Na.H/c1-4-26-10-11-27(19(32)18(26)31)22(35)25-13(12-8-6-5-7-9-12)16(29)24-14-17(30)28-15(21(33)34)23(2,3)36-20(14)28;;/h5-9,13-15,20H,4,10-11H2,1-3H3,(H,24,29)(H,25,35)(H,33,34);;/t13-,14-,15+,20-;;/m1../s1. The summed E-state index contributed by atoms with van der Waals surface area (Å²) in [4.78, 5) is 78.8. The van der Waals surface area contributed by atoms with Gasteiger partial charge in [0.25, 0.3) is 0 Å². The molecule has 0 spiro atoms. The van der Waals surface area contributed by atoms with E-state index in [9.17, 15) is 33.9 Å². The van der Waals surface area contributed by atoms with Gasteiger partial charge in [0.1, 0.15) is 23.5 Å². The van der Waals surface area contributed by atoms with E-state index in [2.05, 4.69) is 10.6 Å². The molecule has 4 rings (SSSR count). The minimum atomic E-state index is -1.26. The van der Waals surface area contributed by atoms with E-state index in [-0.39, 0.29) is 42.6 Å². The molecule has 37 heavy (non-hydrogen) atoms. The molecule has 194 valence electrons. The number of nitrogens with one attached hydrogen (secondary N) is 2. The molecule has 3 aliphatic rings. The van der Waals surface area contributed by atoms with Crippen molar-refractivity contribution in [1.82, 2.24) is 25.3 Å². The second-order valence-electron chi connectivity index (χ2n) is 9.22. The Labute approximate surface area is 239 Å². The topological polar surface area (TPSA) is 156 Å². The van der Waals surface area contributed by atoms with E-state index in [1.54, 1.807) is 51.1 Å². The Balaban J connectivity index is 0.00000380. The van der Waals surface area contributed by atoms with Crippen LogP contribution in [0, 0.1) is 0 Å². The number of carboxylic acid groups (broad SMARTS) is 1. The number of piperazine rings is 1. The molecule has 3 aliphatic heterocycles. The number of carboxylic acids is 1. The van der Waals surface area contributed by atoms with Crippen molar-refractivity contribution in [2.45, 2.75) is 49.0 Å². The maximum absolute atomic E-state index is 13.3. The van der Waals surface area contributed by atoms with E-state index in [0.29, 0.717) is 12.1 Å². The fraction of sp³-hybridized carbons (Fsp3) is 0.478. The average Bonchev–Trinajstić information content (AvgIpc) is 3.10. The van der Waals surface area contributed by atoms with E-state index >= 15 is 0 Å². The summed E-state index contributed by atoms with van der Waals surface area (Å²) in [5, 5.41) is 14.2. The molecule has 0 aliphatic carbocycles. The minimum absolute atomic E-state index is 0. The van der Waals surface area contributed by atoms with Crippen LogP contribution >= 0.6 is 11.8 Å². The molecule has 3 fully saturated rings. The molecule has 0 bridgehead atoms. The van der Waals surface area contributed by atoms with Gasteiger partial charge in [-0.3, -0.25) is 24.1 Å². The van der Waals surface area contributed by atoms with Gasteiger partial charge in [0.05, 0.1) is 0 Å². The number of hydrogen-bond acceptors (Lipinski definition) is 7. The second-order valence-corrected chi connectivity index (χ2v) is 11.0. The molecule has 0 radical (unpaired) electrons. The summed E-state index contributed by atoms with van der Waals surface area (Å²) >= 11 is 1.28. The molecular formula is C23H28N5NaO7S. The van der Waals surface area contributed by atoms with Gasteiger partial charge >= 0.3 is 53.4 Å². The first kappa shape index (κ1) is 29.0. The fourth-order valence-electron chi connectivity index (χ4n) is 4.70. The zero-order chi connectivity index (χ0) is 26.4. The summed E-state index contributed by atoms with van der Waals surface area (Å²) in [7, 11) is 0. The number of amides is 6. The number of β-lactam (4-membered cyclic amide) rings is 1. The molecular weight excluding hydrogens is 513 g/mol. The van der Waals surface area contributed by atoms with Crippen molar-refractivity contribution >= 4 is 76.9 Å². The van der Waals surface area contributed by atoms with Crippen LogP contribution in [0.5, 0.6) is 0 Å². The zero-order valence-electron chi connectivity index (χ0n) is 20.0. The van der Waals surface area contributed by atoms with Gasteiger partial charge in [0, 0.05) is 24.4 Å². The van der Waals surface area contributed by atoms with Crippen LogP contribution in [0.3, 0.4) is 0 Å². The fourth-order valence-corrected chi connectivity index (χ4v) is 6.32. The Morgan fingerprint density at radius 1 is 1.11 bits per heavy atom. The van der Waals surface area contributed by atoms with Crippen LogP contribution in [-0.2, 0) is 24.0 Å². The zero-order valence-corrected chi connectivity index (χ0v) is 20.8. The Hall–Kier alpha value is -2.61. The van der Waals surface area contributed by atoms with E-state index < -0.39 is 63.9 Å². The van der Waals surface area contributed by atoms with E-state index in [4.69, 9.17) is 0 Å². The molecule has 3 N–H and O–H groups in total. The predicted molar refractivity (Wildman–Crippen MR) is 134 cm³/mol. The number of imide groups is 1. The van der Waals surface area contributed by atoms with Crippen molar-refractivity contribution in [1.29, 1.82) is 0 Å². The first-order chi connectivity index (χ1) is 17.0. The molecule has 0 unspecified atom stereocenters. The number of urea groups is 1. The third-order valence-corrected chi connectivity index (χ3v) is 8.14. The summed E-state index contributed by atoms with van der Waals surface area (Å²) in [5.74, 6) is -4.12. The monoisotopic (exact) mass is 541 g/mol. The second kappa shape index (κ2) is 11.0. The number of nitrogens with zero attached hydrogens (tertiary/aromatic N) is 3. The first-order valence-corrected chi connectivity index (χ1v) is 12.3. The van der Waals surface area contributed by atoms with Crippen LogP contribution in [0.2, 0.25) is 0 Å². The van der Waals surface area contributed by atoms with Gasteiger partial charge in [-0.05, 0) is 26.3 Å². The number of benzene rings is 1. The van der Waals surface area contributed by atoms with Gasteiger partial charge < -0.3 is 25.5 Å². The number of hydrogen-bond donors (Lipinski definition) is 3. The van der Waals surface area contributed by atoms with Crippen LogP contribution in [0.4, 0.5) is 4.79 Å². The number of likely N-dealkylation sites (N-methyl/N-ethyl adjacent to an activating group) is 1. The molecule has 6 amide bonds. The molecule has 1 aromatic carbocycles. The quantitative estimate of drug-likeness (QED) is 0.238. The Bertz CT molecular complexity index is 1130. The summed E-state index contributed by atoms with van der Waals surface area (Å²) in [6.45, 7) is 5.67. The van der Waals surface area contributed by atoms with Gasteiger partial charge in [-0.25, -0.2) is 9.59 Å². The molecule has 4 atom stereocenters. The Kier molecular flexibility index (Phi) is 8.62. The van der Waals surface area contributed by atoms with Gasteiger partial charge in [-0.2, -0.15) is 0 Å². The van der Waals surface area contributed by atoms with Crippen LogP contribution < -0.4 is 10.6 Å². The molecule has 1 aromatic rings. The summed E-state index contributed by atoms with van der Waals surface area (Å²) in [6.07, 6.45) is 0. The predicted octanol–water partition coefficient (Wildman–Crippen LogP) is -0.889. The van der Waals surface area contributed by atoms with Gasteiger partial charge in [0.2, 0.25) is 11.8 Å². The normalized spacial score (nSPS) is 25.0. The number of thioether (sulfide) groups is 1. The van der Waals surface area contributed by atoms with Gasteiger partial charge in [0.15, 0.2) is 0 Å². The van der Waals surface area contributed by atoms with Gasteiger partial charge in [-0.15, -0.1) is 11.8 Å². The summed E-state index contributed by atoms with van der Waals surface area (Å²) in [5.41, 5.74) is 0.403. The van der Waals surface area contributed by atoms with E-state index in [1.807, 2.05) is 0 Å². The molecule has 3 saturated heterocycles. The first-order valence-electron chi connectivity index (χ1n) is 11.5. The van der Waals surface area contributed by atoms with Crippen molar-refractivity contribution in [3.8, 4) is 0 Å². The van der Waals surface area contributed by atoms with E-state index in [1.165, 1.54) is 21.6 Å². The van der Waals surface area contributed by atoms with Gasteiger partial charge in [-0.1, -0.05) is 30.3 Å². The third-order valence-electron chi connectivity index (χ3n) is 6.57. The molecule has 0 saturated carbocycles. The third kappa shape index (κ3) is 5.22. The van der Waals surface area contributed by atoms with Crippen molar-refractivity contribution in [3.63, 3.8) is 0 Å². The maximum atomic E-state index is 13.3. The van der Waals surface area contributed by atoms with E-state index in [0.717, 1.165) is 4.90 Å². The Morgan fingerprint density at radius 2 is 1.76 bits per heavy atom. The van der Waals surface area contributed by atoms with Crippen LogP contribution in [0.1, 0.15) is 32.4 Å². The number of aliphatic carboxylic acids is 1. The molecule has 14 heteroatoms. The van der Waals surface area contributed by atoms with Crippen LogP contribution in [0.15, 0.2) is 30.3 Å². The molecule has 3 heterocycles. The van der Waals surface area contributed by atoms with Crippen molar-refractivity contribution in [2.24, 2.45) is 0 Å². The summed E-state index contributed by atoms with van der Waals surface area (Å²) in [6, 6.07) is 4.11. The van der Waals surface area contributed by atoms with Crippen molar-refractivity contribution in [2.75, 3.05) is 19.6 Å².